The average molecular weight is 446 g/mol. The lowest BCUT2D eigenvalue weighted by Gasteiger charge is -2.23. The van der Waals surface area contributed by atoms with E-state index in [1.165, 1.54) is 12.8 Å². The van der Waals surface area contributed by atoms with Gasteiger partial charge in [0.1, 0.15) is 24.6 Å². The van der Waals surface area contributed by atoms with Crippen LogP contribution in [0.25, 0.3) is 11.2 Å². The van der Waals surface area contributed by atoms with Crippen molar-refractivity contribution in [3.05, 3.63) is 48.5 Å². The molecule has 170 valence electrons. The van der Waals surface area contributed by atoms with Gasteiger partial charge in [0.25, 0.3) is 0 Å². The summed E-state index contributed by atoms with van der Waals surface area (Å²) in [4.78, 5) is 13.6. The van der Waals surface area contributed by atoms with Crippen LogP contribution in [0, 0.1) is 11.8 Å². The van der Waals surface area contributed by atoms with Crippen molar-refractivity contribution in [2.24, 2.45) is 0 Å². The van der Waals surface area contributed by atoms with Crippen molar-refractivity contribution in [3.63, 3.8) is 0 Å². The second kappa shape index (κ2) is 8.10. The number of aromatic nitrogens is 4. The van der Waals surface area contributed by atoms with Crippen LogP contribution in [0.4, 0.5) is 5.82 Å². The maximum Gasteiger partial charge on any atom is 0.167 e. The van der Waals surface area contributed by atoms with Gasteiger partial charge in [-0.1, -0.05) is 42.9 Å². The zero-order valence-corrected chi connectivity index (χ0v) is 18.8. The molecule has 6 rings (SSSR count). The van der Waals surface area contributed by atoms with E-state index in [4.69, 9.17) is 14.2 Å². The third-order valence-corrected chi connectivity index (χ3v) is 6.49. The highest BCUT2D eigenvalue weighted by Crippen LogP contribution is 2.43. The largest absolute Gasteiger partial charge is 0.365 e. The highest BCUT2D eigenvalue weighted by molar-refractivity contribution is 5.82. The first-order chi connectivity index (χ1) is 16.1. The Morgan fingerprint density at radius 1 is 1.03 bits per heavy atom. The zero-order valence-electron chi connectivity index (χ0n) is 18.8. The van der Waals surface area contributed by atoms with E-state index in [9.17, 15) is 0 Å². The van der Waals surface area contributed by atoms with Gasteiger partial charge in [0.15, 0.2) is 29.0 Å². The third kappa shape index (κ3) is 3.86. The van der Waals surface area contributed by atoms with Gasteiger partial charge in [-0.2, -0.15) is 0 Å². The highest BCUT2D eigenvalue weighted by Gasteiger charge is 2.56. The minimum Gasteiger partial charge on any atom is -0.365 e. The van der Waals surface area contributed by atoms with Crippen LogP contribution in [-0.2, 0) is 14.2 Å². The molecule has 2 saturated heterocycles. The molecule has 2 aromatic heterocycles. The summed E-state index contributed by atoms with van der Waals surface area (Å²) in [6.45, 7) is 3.84. The van der Waals surface area contributed by atoms with Crippen LogP contribution in [-0.4, -0.2) is 49.7 Å². The Labute approximate surface area is 192 Å². The van der Waals surface area contributed by atoms with Gasteiger partial charge in [0.2, 0.25) is 0 Å². The molecule has 1 aliphatic carbocycles. The fraction of sp³-hybridized carbons (Fsp3) is 0.480. The summed E-state index contributed by atoms with van der Waals surface area (Å²) < 4.78 is 20.8. The van der Waals surface area contributed by atoms with E-state index in [0.29, 0.717) is 11.7 Å². The Bertz CT molecular complexity index is 1210. The molecule has 0 amide bonds. The summed E-state index contributed by atoms with van der Waals surface area (Å²) in [6.07, 6.45) is 6.62. The normalized spacial score (nSPS) is 28.5. The summed E-state index contributed by atoms with van der Waals surface area (Å²) in [5, 5.41) is 3.55. The zero-order chi connectivity index (χ0) is 22.4. The van der Waals surface area contributed by atoms with Gasteiger partial charge >= 0.3 is 0 Å². The Morgan fingerprint density at radius 3 is 2.64 bits per heavy atom. The molecule has 0 spiro atoms. The molecular weight excluding hydrogens is 418 g/mol. The topological polar surface area (TPSA) is 83.3 Å². The first-order valence-electron chi connectivity index (χ1n) is 11.6. The number of nitrogens with one attached hydrogen (secondary N) is 1. The van der Waals surface area contributed by atoms with Crippen molar-refractivity contribution >= 4 is 17.0 Å². The van der Waals surface area contributed by atoms with Crippen molar-refractivity contribution < 1.29 is 14.2 Å². The standard InChI is InChI=1S/C25H27N5O3/c1-25(2)32-20-18(13-12-16-8-4-3-5-9-16)31-24(21(20)33-25)30-15-28-19-22(26-14-27-23(19)30)29-17-10-6-7-11-17/h3-5,8-9,14-15,17-18,20-21,24H,6-7,10-11H2,1-2H3,(H,26,27,29)/t18-,20-,21-,24-/m1/s1. The van der Waals surface area contributed by atoms with Crippen LogP contribution in [0.2, 0.25) is 0 Å². The first kappa shape index (κ1) is 20.6. The number of ether oxygens (including phenoxy) is 3. The Hall–Kier alpha value is -2.99. The van der Waals surface area contributed by atoms with Crippen molar-refractivity contribution in [3.8, 4) is 11.8 Å². The van der Waals surface area contributed by atoms with Crippen molar-refractivity contribution in [1.82, 2.24) is 19.5 Å². The maximum absolute atomic E-state index is 6.39. The smallest absolute Gasteiger partial charge is 0.167 e. The molecule has 0 radical (unpaired) electrons. The molecule has 0 bridgehead atoms. The van der Waals surface area contributed by atoms with Crippen LogP contribution in [0.1, 0.15) is 51.3 Å². The monoisotopic (exact) mass is 445 g/mol. The molecule has 3 fully saturated rings. The van der Waals surface area contributed by atoms with Gasteiger partial charge in [0.05, 0.1) is 6.33 Å². The van der Waals surface area contributed by atoms with E-state index in [1.807, 2.05) is 48.7 Å². The molecule has 1 N–H and O–H groups in total. The quantitative estimate of drug-likeness (QED) is 0.616. The van der Waals surface area contributed by atoms with E-state index in [0.717, 1.165) is 29.7 Å². The molecule has 3 aliphatic rings. The number of nitrogens with zero attached hydrogens (tertiary/aromatic N) is 4. The van der Waals surface area contributed by atoms with Gasteiger partial charge in [-0.3, -0.25) is 4.57 Å². The van der Waals surface area contributed by atoms with Gasteiger partial charge in [0, 0.05) is 11.6 Å². The second-order valence-electron chi connectivity index (χ2n) is 9.32. The highest BCUT2D eigenvalue weighted by atomic mass is 16.8. The van der Waals surface area contributed by atoms with Crippen LogP contribution in [0.15, 0.2) is 43.0 Å². The van der Waals surface area contributed by atoms with E-state index in [1.54, 1.807) is 12.7 Å². The molecule has 1 aromatic carbocycles. The number of hydrogen-bond acceptors (Lipinski definition) is 7. The van der Waals surface area contributed by atoms with Crippen LogP contribution < -0.4 is 5.32 Å². The Balaban J connectivity index is 1.32. The van der Waals surface area contributed by atoms with E-state index >= 15 is 0 Å². The molecule has 3 aromatic rings. The Kier molecular flexibility index (Phi) is 5.06. The van der Waals surface area contributed by atoms with Gasteiger partial charge < -0.3 is 19.5 Å². The van der Waals surface area contributed by atoms with E-state index < -0.39 is 18.1 Å². The fourth-order valence-corrected chi connectivity index (χ4v) is 5.00. The SMILES string of the molecule is CC1(C)O[C@@H]2[C@H](O1)[C@@H](C#Cc1ccccc1)O[C@H]2n1cnc2c(NC3CCCC3)ncnc21. The summed E-state index contributed by atoms with van der Waals surface area (Å²) in [5.74, 6) is 6.51. The summed E-state index contributed by atoms with van der Waals surface area (Å²) >= 11 is 0. The average Bonchev–Trinajstić information content (AvgIpc) is 3.58. The molecule has 0 unspecified atom stereocenters. The number of hydrogen-bond donors (Lipinski definition) is 1. The number of benzene rings is 1. The first-order valence-corrected chi connectivity index (χ1v) is 11.6. The molecule has 4 heterocycles. The van der Waals surface area contributed by atoms with Crippen LogP contribution >= 0.6 is 0 Å². The third-order valence-electron chi connectivity index (χ3n) is 6.49. The molecular formula is C25H27N5O3. The summed E-state index contributed by atoms with van der Waals surface area (Å²) in [6, 6.07) is 10.3. The molecule has 8 nitrogen and oxygen atoms in total. The Morgan fingerprint density at radius 2 is 1.82 bits per heavy atom. The number of imidazole rings is 1. The molecule has 8 heteroatoms. The predicted molar refractivity (Wildman–Crippen MR) is 122 cm³/mol. The lowest BCUT2D eigenvalue weighted by molar-refractivity contribution is -0.190. The second-order valence-corrected chi connectivity index (χ2v) is 9.32. The van der Waals surface area contributed by atoms with Crippen LogP contribution in [0.3, 0.4) is 0 Å². The number of rotatable bonds is 3. The van der Waals surface area contributed by atoms with Gasteiger partial charge in [-0.05, 0) is 38.8 Å². The molecule has 2 aliphatic heterocycles. The predicted octanol–water partition coefficient (Wildman–Crippen LogP) is 3.65. The van der Waals surface area contributed by atoms with E-state index in [-0.39, 0.29) is 12.2 Å². The molecule has 1 saturated carbocycles. The van der Waals surface area contributed by atoms with E-state index in [2.05, 4.69) is 32.1 Å². The van der Waals surface area contributed by atoms with Crippen molar-refractivity contribution in [2.75, 3.05) is 5.32 Å². The minimum atomic E-state index is -0.718. The van der Waals surface area contributed by atoms with Crippen molar-refractivity contribution in [1.29, 1.82) is 0 Å². The lowest BCUT2D eigenvalue weighted by atomic mass is 10.1. The molecule has 33 heavy (non-hydrogen) atoms. The van der Waals surface area contributed by atoms with Gasteiger partial charge in [-0.25, -0.2) is 15.0 Å². The fourth-order valence-electron chi connectivity index (χ4n) is 5.00. The van der Waals surface area contributed by atoms with Crippen molar-refractivity contribution in [2.45, 2.75) is 75.9 Å². The summed E-state index contributed by atoms with van der Waals surface area (Å²) in [5.41, 5.74) is 2.38. The summed E-state index contributed by atoms with van der Waals surface area (Å²) in [7, 11) is 0. The van der Waals surface area contributed by atoms with Crippen LogP contribution in [0.5, 0.6) is 0 Å². The molecule has 4 atom stereocenters. The maximum atomic E-state index is 6.39. The number of anilines is 1. The number of fused-ring (bicyclic) bond motifs is 2. The minimum absolute atomic E-state index is 0.309. The lowest BCUT2D eigenvalue weighted by Crippen LogP contribution is -2.28. The van der Waals surface area contributed by atoms with Gasteiger partial charge in [-0.15, -0.1) is 0 Å².